The summed E-state index contributed by atoms with van der Waals surface area (Å²) < 4.78 is 10.4. The Morgan fingerprint density at radius 2 is 2.00 bits per heavy atom. The minimum Gasteiger partial charge on any atom is -0.482 e. The summed E-state index contributed by atoms with van der Waals surface area (Å²) in [5, 5.41) is 13.5. The Morgan fingerprint density at radius 3 is 2.72 bits per heavy atom. The lowest BCUT2D eigenvalue weighted by Gasteiger charge is -2.13. The zero-order chi connectivity index (χ0) is 18.2. The first-order valence-electron chi connectivity index (χ1n) is 7.66. The van der Waals surface area contributed by atoms with Gasteiger partial charge in [0, 0.05) is 0 Å². The lowest BCUT2D eigenvalue weighted by molar-refractivity contribution is -0.149. The monoisotopic (exact) mass is 358 g/mol. The van der Waals surface area contributed by atoms with E-state index in [0.717, 1.165) is 5.56 Å². The van der Waals surface area contributed by atoms with Crippen LogP contribution >= 0.6 is 11.3 Å². The smallest absolute Gasteiger partial charge is 0.344 e. The first kappa shape index (κ1) is 18.5. The van der Waals surface area contributed by atoms with Gasteiger partial charge in [-0.1, -0.05) is 32.0 Å². The lowest BCUT2D eigenvalue weighted by atomic mass is 10.0. The Balaban J connectivity index is 1.79. The first-order valence-corrected chi connectivity index (χ1v) is 8.54. The van der Waals surface area contributed by atoms with Crippen molar-refractivity contribution in [2.24, 2.45) is 0 Å². The summed E-state index contributed by atoms with van der Waals surface area (Å²) in [6.07, 6.45) is 0. The molecule has 0 saturated heterocycles. The SMILES string of the molecule is CC(C)c1ccccc1OCC(=O)OCC(=O)Nc1sccc1C#N. The normalized spacial score (nSPS) is 10.2. The van der Waals surface area contributed by atoms with E-state index in [-0.39, 0.29) is 12.5 Å². The third-order valence-corrected chi connectivity index (χ3v) is 4.12. The summed E-state index contributed by atoms with van der Waals surface area (Å²) in [7, 11) is 0. The van der Waals surface area contributed by atoms with Gasteiger partial charge >= 0.3 is 5.97 Å². The van der Waals surface area contributed by atoms with Crippen molar-refractivity contribution >= 4 is 28.2 Å². The number of nitriles is 1. The highest BCUT2D eigenvalue weighted by atomic mass is 32.1. The van der Waals surface area contributed by atoms with E-state index >= 15 is 0 Å². The van der Waals surface area contributed by atoms with Gasteiger partial charge in [-0.25, -0.2) is 4.79 Å². The average molecular weight is 358 g/mol. The van der Waals surface area contributed by atoms with Gasteiger partial charge in [-0.05, 0) is 29.0 Å². The van der Waals surface area contributed by atoms with Gasteiger partial charge in [-0.2, -0.15) is 5.26 Å². The molecule has 0 unspecified atom stereocenters. The van der Waals surface area contributed by atoms with E-state index in [2.05, 4.69) is 5.32 Å². The van der Waals surface area contributed by atoms with Crippen LogP contribution in [0.25, 0.3) is 0 Å². The van der Waals surface area contributed by atoms with Crippen LogP contribution in [0.3, 0.4) is 0 Å². The van der Waals surface area contributed by atoms with E-state index < -0.39 is 18.5 Å². The Kier molecular flexibility index (Phi) is 6.54. The van der Waals surface area contributed by atoms with Crippen LogP contribution in [0.1, 0.15) is 30.9 Å². The second-order valence-corrected chi connectivity index (χ2v) is 6.38. The second kappa shape index (κ2) is 8.85. The molecule has 0 aliphatic heterocycles. The van der Waals surface area contributed by atoms with Crippen LogP contribution in [0.5, 0.6) is 5.75 Å². The second-order valence-electron chi connectivity index (χ2n) is 5.47. The standard InChI is InChI=1S/C18H18N2O4S/c1-12(2)14-5-3-4-6-15(14)23-11-17(22)24-10-16(21)20-18-13(9-19)7-8-25-18/h3-8,12H,10-11H2,1-2H3,(H,20,21). The van der Waals surface area contributed by atoms with E-state index in [1.54, 1.807) is 17.5 Å². The fourth-order valence-corrected chi connectivity index (χ4v) is 2.82. The molecule has 7 heteroatoms. The Bertz CT molecular complexity index is 792. The molecular weight excluding hydrogens is 340 g/mol. The minimum atomic E-state index is -0.639. The van der Waals surface area contributed by atoms with Crippen molar-refractivity contribution in [1.29, 1.82) is 5.26 Å². The van der Waals surface area contributed by atoms with E-state index in [9.17, 15) is 9.59 Å². The minimum absolute atomic E-state index is 0.262. The van der Waals surface area contributed by atoms with Crippen LogP contribution in [0.4, 0.5) is 5.00 Å². The number of rotatable bonds is 7. The number of anilines is 1. The van der Waals surface area contributed by atoms with Crippen LogP contribution in [-0.4, -0.2) is 25.1 Å². The van der Waals surface area contributed by atoms with E-state index in [1.165, 1.54) is 11.3 Å². The Morgan fingerprint density at radius 1 is 1.24 bits per heavy atom. The van der Waals surface area contributed by atoms with Crippen molar-refractivity contribution < 1.29 is 19.1 Å². The molecule has 1 aromatic carbocycles. The number of esters is 1. The van der Waals surface area contributed by atoms with Crippen LogP contribution in [0.15, 0.2) is 35.7 Å². The molecule has 0 aliphatic carbocycles. The molecule has 0 saturated carbocycles. The molecule has 1 aromatic heterocycles. The van der Waals surface area contributed by atoms with Crippen molar-refractivity contribution in [2.75, 3.05) is 18.5 Å². The fourth-order valence-electron chi connectivity index (χ4n) is 2.07. The molecule has 0 fully saturated rings. The lowest BCUT2D eigenvalue weighted by Crippen LogP contribution is -2.23. The molecule has 0 radical (unpaired) electrons. The van der Waals surface area contributed by atoms with Gasteiger partial charge in [0.15, 0.2) is 13.2 Å². The number of nitrogens with zero attached hydrogens (tertiary/aromatic N) is 1. The summed E-state index contributed by atoms with van der Waals surface area (Å²) in [6.45, 7) is 3.35. The van der Waals surface area contributed by atoms with Gasteiger partial charge < -0.3 is 14.8 Å². The van der Waals surface area contributed by atoms with Gasteiger partial charge in [0.2, 0.25) is 0 Å². The number of hydrogen-bond acceptors (Lipinski definition) is 6. The highest BCUT2D eigenvalue weighted by Gasteiger charge is 2.13. The average Bonchev–Trinajstić information content (AvgIpc) is 3.05. The molecule has 1 amide bonds. The van der Waals surface area contributed by atoms with Crippen molar-refractivity contribution in [2.45, 2.75) is 19.8 Å². The highest BCUT2D eigenvalue weighted by molar-refractivity contribution is 7.14. The number of hydrogen-bond donors (Lipinski definition) is 1. The third-order valence-electron chi connectivity index (χ3n) is 3.29. The van der Waals surface area contributed by atoms with Crippen molar-refractivity contribution in [3.8, 4) is 11.8 Å². The predicted octanol–water partition coefficient (Wildman–Crippen LogP) is 3.30. The number of nitrogens with one attached hydrogen (secondary N) is 1. The van der Waals surface area contributed by atoms with Crippen molar-refractivity contribution in [3.05, 3.63) is 46.8 Å². The van der Waals surface area contributed by atoms with E-state index in [0.29, 0.717) is 16.3 Å². The number of carbonyl (C=O) groups is 2. The number of ether oxygens (including phenoxy) is 2. The number of para-hydroxylation sites is 1. The summed E-state index contributed by atoms with van der Waals surface area (Å²) in [5.74, 6) is -0.260. The van der Waals surface area contributed by atoms with Crippen LogP contribution in [0, 0.1) is 11.3 Å². The van der Waals surface area contributed by atoms with Crippen molar-refractivity contribution in [3.63, 3.8) is 0 Å². The summed E-state index contributed by atoms with van der Waals surface area (Å²) >= 11 is 1.23. The molecule has 0 atom stereocenters. The molecule has 6 nitrogen and oxygen atoms in total. The molecule has 0 aliphatic rings. The largest absolute Gasteiger partial charge is 0.482 e. The molecule has 1 N–H and O–H groups in total. The molecule has 2 aromatic rings. The van der Waals surface area contributed by atoms with E-state index in [4.69, 9.17) is 14.7 Å². The maximum absolute atomic E-state index is 11.8. The van der Waals surface area contributed by atoms with Gasteiger partial charge in [0.25, 0.3) is 5.91 Å². The molecular formula is C18H18N2O4S. The van der Waals surface area contributed by atoms with Crippen LogP contribution < -0.4 is 10.1 Å². The summed E-state index contributed by atoms with van der Waals surface area (Å²) in [6, 6.07) is 11.0. The molecule has 130 valence electrons. The number of benzene rings is 1. The fraction of sp³-hybridized carbons (Fsp3) is 0.278. The highest BCUT2D eigenvalue weighted by Crippen LogP contribution is 2.25. The predicted molar refractivity (Wildman–Crippen MR) is 94.6 cm³/mol. The number of amides is 1. The number of thiophene rings is 1. The molecule has 0 bridgehead atoms. The molecule has 25 heavy (non-hydrogen) atoms. The van der Waals surface area contributed by atoms with E-state index in [1.807, 2.05) is 38.1 Å². The van der Waals surface area contributed by atoms with Gasteiger partial charge in [0.1, 0.15) is 16.8 Å². The molecule has 2 rings (SSSR count). The maximum atomic E-state index is 11.8. The summed E-state index contributed by atoms with van der Waals surface area (Å²) in [5.41, 5.74) is 1.37. The summed E-state index contributed by atoms with van der Waals surface area (Å²) in [4.78, 5) is 23.5. The van der Waals surface area contributed by atoms with Crippen LogP contribution in [-0.2, 0) is 14.3 Å². The van der Waals surface area contributed by atoms with Crippen molar-refractivity contribution in [1.82, 2.24) is 0 Å². The zero-order valence-corrected chi connectivity index (χ0v) is 14.8. The van der Waals surface area contributed by atoms with Crippen LogP contribution in [0.2, 0.25) is 0 Å². The van der Waals surface area contributed by atoms with Gasteiger partial charge in [-0.3, -0.25) is 4.79 Å². The third kappa shape index (κ3) is 5.33. The van der Waals surface area contributed by atoms with Gasteiger partial charge in [0.05, 0.1) is 5.56 Å². The molecule has 1 heterocycles. The molecule has 0 spiro atoms. The first-order chi connectivity index (χ1) is 12.0. The topological polar surface area (TPSA) is 88.4 Å². The Hall–Kier alpha value is -2.85. The number of carbonyl (C=O) groups excluding carboxylic acids is 2. The Labute approximate surface area is 150 Å². The zero-order valence-electron chi connectivity index (χ0n) is 13.9. The van der Waals surface area contributed by atoms with Gasteiger partial charge in [-0.15, -0.1) is 11.3 Å². The maximum Gasteiger partial charge on any atom is 0.344 e. The quantitative estimate of drug-likeness (QED) is 0.767.